The van der Waals surface area contributed by atoms with Crippen LogP contribution in [-0.4, -0.2) is 24.0 Å². The Hall–Kier alpha value is -3.66. The summed E-state index contributed by atoms with van der Waals surface area (Å²) in [4.78, 5) is 19.8. The quantitative estimate of drug-likeness (QED) is 0.448. The molecule has 4 heteroatoms. The van der Waals surface area contributed by atoms with Crippen LogP contribution < -0.4 is 10.2 Å². The molecule has 0 saturated carbocycles. The van der Waals surface area contributed by atoms with Crippen LogP contribution in [0.3, 0.4) is 0 Å². The highest BCUT2D eigenvalue weighted by atomic mass is 16.1. The summed E-state index contributed by atoms with van der Waals surface area (Å²) in [5.41, 5.74) is 6.39. The maximum atomic E-state index is 12.6. The van der Waals surface area contributed by atoms with Gasteiger partial charge in [0.15, 0.2) is 0 Å². The fraction of sp³-hybridized carbons (Fsp3) is 0.214. The smallest absolute Gasteiger partial charge is 0.228 e. The molecule has 4 aromatic rings. The number of carbonyl (C=O) groups is 1. The van der Waals surface area contributed by atoms with Crippen molar-refractivity contribution in [2.75, 3.05) is 23.3 Å². The van der Waals surface area contributed by atoms with Gasteiger partial charge in [0.1, 0.15) is 0 Å². The number of hydrogen-bond donors (Lipinski definition) is 1. The molecular weight excluding hydrogens is 394 g/mol. The van der Waals surface area contributed by atoms with Gasteiger partial charge in [-0.1, -0.05) is 60.7 Å². The molecule has 1 amide bonds. The molecule has 1 atom stereocenters. The third kappa shape index (κ3) is 4.35. The van der Waals surface area contributed by atoms with E-state index in [1.165, 1.54) is 11.3 Å². The summed E-state index contributed by atoms with van der Waals surface area (Å²) in [6.45, 7) is 4.05. The molecular formula is C28H27N3O. The maximum Gasteiger partial charge on any atom is 0.228 e. The number of hydrogen-bond acceptors (Lipinski definition) is 3. The average Bonchev–Trinajstić information content (AvgIpc) is 3.30. The summed E-state index contributed by atoms with van der Waals surface area (Å²) in [5, 5.41) is 4.15. The molecule has 1 saturated heterocycles. The summed E-state index contributed by atoms with van der Waals surface area (Å²) < 4.78 is 0. The van der Waals surface area contributed by atoms with E-state index in [2.05, 4.69) is 52.7 Å². The highest BCUT2D eigenvalue weighted by molar-refractivity contribution is 5.98. The molecule has 32 heavy (non-hydrogen) atoms. The van der Waals surface area contributed by atoms with E-state index in [1.807, 2.05) is 49.4 Å². The van der Waals surface area contributed by atoms with Crippen molar-refractivity contribution in [1.29, 1.82) is 0 Å². The van der Waals surface area contributed by atoms with Crippen LogP contribution in [0.1, 0.15) is 29.2 Å². The van der Waals surface area contributed by atoms with Crippen molar-refractivity contribution in [2.24, 2.45) is 0 Å². The number of anilines is 2. The number of amides is 1. The second-order valence-corrected chi connectivity index (χ2v) is 8.57. The first-order valence-corrected chi connectivity index (χ1v) is 11.2. The highest BCUT2D eigenvalue weighted by Crippen LogP contribution is 2.35. The lowest BCUT2D eigenvalue weighted by Crippen LogP contribution is -2.20. The van der Waals surface area contributed by atoms with E-state index < -0.39 is 0 Å². The third-order valence-corrected chi connectivity index (χ3v) is 6.21. The Morgan fingerprint density at radius 2 is 1.75 bits per heavy atom. The second kappa shape index (κ2) is 8.83. The van der Waals surface area contributed by atoms with Crippen LogP contribution in [0, 0.1) is 6.92 Å². The fourth-order valence-electron chi connectivity index (χ4n) is 4.64. The molecule has 0 radical (unpaired) electrons. The number of carbonyl (C=O) groups excluding carboxylic acids is 1. The predicted octanol–water partition coefficient (Wildman–Crippen LogP) is 5.72. The van der Waals surface area contributed by atoms with E-state index in [-0.39, 0.29) is 5.91 Å². The summed E-state index contributed by atoms with van der Waals surface area (Å²) >= 11 is 0. The zero-order valence-corrected chi connectivity index (χ0v) is 18.3. The minimum atomic E-state index is -0.0116. The summed E-state index contributed by atoms with van der Waals surface area (Å²) in [6, 6.07) is 28.8. The number of fused-ring (bicyclic) bond motifs is 1. The first kappa shape index (κ1) is 20.3. The minimum Gasteiger partial charge on any atom is -0.370 e. The van der Waals surface area contributed by atoms with Crippen molar-refractivity contribution >= 4 is 28.2 Å². The van der Waals surface area contributed by atoms with Gasteiger partial charge in [0.25, 0.3) is 0 Å². The lowest BCUT2D eigenvalue weighted by atomic mass is 9.99. The van der Waals surface area contributed by atoms with Gasteiger partial charge in [0.2, 0.25) is 5.91 Å². The van der Waals surface area contributed by atoms with Crippen molar-refractivity contribution in [3.05, 3.63) is 102 Å². The molecule has 1 fully saturated rings. The van der Waals surface area contributed by atoms with E-state index in [0.717, 1.165) is 47.4 Å². The number of pyridine rings is 1. The van der Waals surface area contributed by atoms with Crippen LogP contribution in [0.4, 0.5) is 11.4 Å². The third-order valence-electron chi connectivity index (χ3n) is 6.21. The molecule has 0 bridgehead atoms. The summed E-state index contributed by atoms with van der Waals surface area (Å²) in [6.07, 6.45) is 1.50. The molecule has 1 N–H and O–H groups in total. The topological polar surface area (TPSA) is 45.2 Å². The van der Waals surface area contributed by atoms with Gasteiger partial charge in [-0.3, -0.25) is 9.78 Å². The molecule has 1 aliphatic heterocycles. The molecule has 1 aliphatic rings. The first-order valence-electron chi connectivity index (χ1n) is 11.2. The monoisotopic (exact) mass is 421 g/mol. The normalized spacial score (nSPS) is 15.8. The van der Waals surface area contributed by atoms with Gasteiger partial charge in [0.05, 0.1) is 11.9 Å². The van der Waals surface area contributed by atoms with E-state index in [4.69, 9.17) is 4.98 Å². The minimum absolute atomic E-state index is 0.0116. The van der Waals surface area contributed by atoms with E-state index >= 15 is 0 Å². The SMILES string of the molecule is Cc1cc(N2CCC(c3ccccc3)C2)c2cc(NC(=O)Cc3ccccc3)ccc2n1. The molecule has 160 valence electrons. The number of aryl methyl sites for hydroxylation is 1. The molecule has 0 spiro atoms. The summed E-state index contributed by atoms with van der Waals surface area (Å²) in [7, 11) is 0. The zero-order chi connectivity index (χ0) is 21.9. The number of benzene rings is 3. The lowest BCUT2D eigenvalue weighted by molar-refractivity contribution is -0.115. The number of aromatic nitrogens is 1. The van der Waals surface area contributed by atoms with Gasteiger partial charge >= 0.3 is 0 Å². The standard InChI is InChI=1S/C28H27N3O/c1-20-16-27(31-15-14-23(19-31)22-10-6-3-7-11-22)25-18-24(12-13-26(25)29-20)30-28(32)17-21-8-4-2-5-9-21/h2-13,16,18,23H,14-15,17,19H2,1H3,(H,30,32). The van der Waals surface area contributed by atoms with Crippen LogP contribution in [-0.2, 0) is 11.2 Å². The van der Waals surface area contributed by atoms with Gasteiger partial charge in [-0.2, -0.15) is 0 Å². The first-order chi connectivity index (χ1) is 15.7. The van der Waals surface area contributed by atoms with Crippen molar-refractivity contribution in [1.82, 2.24) is 4.98 Å². The second-order valence-electron chi connectivity index (χ2n) is 8.57. The van der Waals surface area contributed by atoms with Crippen LogP contribution in [0.25, 0.3) is 10.9 Å². The Bertz CT molecular complexity index is 1240. The molecule has 4 nitrogen and oxygen atoms in total. The number of nitrogens with zero attached hydrogens (tertiary/aromatic N) is 2. The van der Waals surface area contributed by atoms with Gasteiger partial charge in [-0.05, 0) is 48.7 Å². The lowest BCUT2D eigenvalue weighted by Gasteiger charge is -2.22. The molecule has 3 aromatic carbocycles. The Morgan fingerprint density at radius 3 is 2.53 bits per heavy atom. The number of rotatable bonds is 5. The number of nitrogens with one attached hydrogen (secondary N) is 1. The predicted molar refractivity (Wildman–Crippen MR) is 131 cm³/mol. The van der Waals surface area contributed by atoms with Crippen molar-refractivity contribution in [3.63, 3.8) is 0 Å². The molecule has 2 heterocycles. The van der Waals surface area contributed by atoms with Crippen LogP contribution in [0.5, 0.6) is 0 Å². The maximum absolute atomic E-state index is 12.6. The van der Waals surface area contributed by atoms with Gasteiger partial charge < -0.3 is 10.2 Å². The highest BCUT2D eigenvalue weighted by Gasteiger charge is 2.25. The molecule has 1 aromatic heterocycles. The van der Waals surface area contributed by atoms with Crippen molar-refractivity contribution in [2.45, 2.75) is 25.7 Å². The molecule has 1 unspecified atom stereocenters. The largest absolute Gasteiger partial charge is 0.370 e. The van der Waals surface area contributed by atoms with Crippen LogP contribution in [0.15, 0.2) is 84.9 Å². The molecule has 0 aliphatic carbocycles. The van der Waals surface area contributed by atoms with Crippen molar-refractivity contribution in [3.8, 4) is 0 Å². The van der Waals surface area contributed by atoms with Gasteiger partial charge in [0, 0.05) is 41.5 Å². The molecule has 5 rings (SSSR count). The van der Waals surface area contributed by atoms with E-state index in [1.54, 1.807) is 0 Å². The van der Waals surface area contributed by atoms with E-state index in [9.17, 15) is 4.79 Å². The van der Waals surface area contributed by atoms with Crippen LogP contribution >= 0.6 is 0 Å². The Labute approximate surface area is 188 Å². The zero-order valence-electron chi connectivity index (χ0n) is 18.3. The fourth-order valence-corrected chi connectivity index (χ4v) is 4.64. The van der Waals surface area contributed by atoms with E-state index in [0.29, 0.717) is 12.3 Å². The Kier molecular flexibility index (Phi) is 5.59. The Balaban J connectivity index is 1.40. The van der Waals surface area contributed by atoms with Gasteiger partial charge in [-0.25, -0.2) is 0 Å². The Morgan fingerprint density at radius 1 is 1.00 bits per heavy atom. The average molecular weight is 422 g/mol. The van der Waals surface area contributed by atoms with Crippen LogP contribution in [0.2, 0.25) is 0 Å². The summed E-state index contributed by atoms with van der Waals surface area (Å²) in [5.74, 6) is 0.524. The van der Waals surface area contributed by atoms with Gasteiger partial charge in [-0.15, -0.1) is 0 Å². The van der Waals surface area contributed by atoms with Crippen molar-refractivity contribution < 1.29 is 4.79 Å².